The van der Waals surface area contributed by atoms with Gasteiger partial charge in [-0.15, -0.1) is 0 Å². The smallest absolute Gasteiger partial charge is 0.158 e. The van der Waals surface area contributed by atoms with Gasteiger partial charge in [0, 0.05) is 28.6 Å². The summed E-state index contributed by atoms with van der Waals surface area (Å²) in [6.07, 6.45) is 0.736. The van der Waals surface area contributed by atoms with Crippen LogP contribution in [0.1, 0.15) is 18.1 Å². The molecule has 1 heterocycles. The number of pyridine rings is 1. The lowest BCUT2D eigenvalue weighted by Crippen LogP contribution is -2.03. The Morgan fingerprint density at radius 1 is 1.12 bits per heavy atom. The Labute approximate surface area is 145 Å². The molecule has 0 saturated carbocycles. The normalized spacial score (nSPS) is 11.8. The van der Waals surface area contributed by atoms with Gasteiger partial charge in [0.25, 0.3) is 0 Å². The summed E-state index contributed by atoms with van der Waals surface area (Å²) in [4.78, 5) is 5.46. The van der Waals surface area contributed by atoms with Crippen LogP contribution in [0.2, 0.25) is 0 Å². The maximum Gasteiger partial charge on any atom is 0.158 e. The minimum Gasteiger partial charge on any atom is -0.256 e. The van der Waals surface area contributed by atoms with E-state index in [1.165, 1.54) is 17.9 Å². The average molecular weight is 336 g/mol. The number of aromatic nitrogens is 1. The average Bonchev–Trinajstić information content (AvgIpc) is 2.61. The van der Waals surface area contributed by atoms with Crippen LogP contribution in [-0.2, 0) is 6.54 Å². The van der Waals surface area contributed by atoms with Gasteiger partial charge in [-0.05, 0) is 60.8 Å². The van der Waals surface area contributed by atoms with Gasteiger partial charge >= 0.3 is 0 Å². The zero-order valence-corrected chi connectivity index (χ0v) is 14.1. The van der Waals surface area contributed by atoms with Crippen LogP contribution in [0.5, 0.6) is 0 Å². The number of hydrogen-bond acceptors (Lipinski definition) is 3. The molecule has 120 valence electrons. The first-order valence-corrected chi connectivity index (χ1v) is 8.52. The molecule has 4 heteroatoms. The van der Waals surface area contributed by atoms with Crippen molar-refractivity contribution < 1.29 is 4.39 Å². The number of hydrogen-bond donors (Lipinski definition) is 1. The molecular formula is C20H17FN2S. The lowest BCUT2D eigenvalue weighted by atomic mass is 10.1. The van der Waals surface area contributed by atoms with E-state index in [1.54, 1.807) is 11.9 Å². The van der Waals surface area contributed by atoms with Crippen molar-refractivity contribution in [2.45, 2.75) is 24.5 Å². The molecule has 1 N–H and O–H groups in total. The standard InChI is InChI=1S/C20H17FN2S/c1-15(21)6-7-16-8-10-18(11-9-16)24-23-14-17-12-13-22-20-5-3-2-4-19(17)20/h2-5,8-13,15,23H,14H2,1H3. The topological polar surface area (TPSA) is 24.9 Å². The molecule has 0 radical (unpaired) electrons. The van der Waals surface area contributed by atoms with Crippen LogP contribution in [0.15, 0.2) is 65.7 Å². The Morgan fingerprint density at radius 3 is 2.71 bits per heavy atom. The van der Waals surface area contributed by atoms with E-state index in [1.807, 2.05) is 54.7 Å². The highest BCUT2D eigenvalue weighted by atomic mass is 32.2. The van der Waals surface area contributed by atoms with Crippen molar-refractivity contribution >= 4 is 22.9 Å². The lowest BCUT2D eigenvalue weighted by molar-refractivity contribution is 0.443. The zero-order chi connectivity index (χ0) is 16.8. The highest BCUT2D eigenvalue weighted by molar-refractivity contribution is 7.97. The second kappa shape index (κ2) is 7.96. The summed E-state index contributed by atoms with van der Waals surface area (Å²) >= 11 is 1.56. The molecule has 1 unspecified atom stereocenters. The second-order valence-corrected chi connectivity index (χ2v) is 6.28. The number of para-hydroxylation sites is 1. The molecule has 0 fully saturated rings. The summed E-state index contributed by atoms with van der Waals surface area (Å²) in [5.74, 6) is 5.33. The van der Waals surface area contributed by atoms with Gasteiger partial charge in [0.1, 0.15) is 0 Å². The van der Waals surface area contributed by atoms with Gasteiger partial charge in [-0.1, -0.05) is 30.0 Å². The van der Waals surface area contributed by atoms with E-state index in [4.69, 9.17) is 0 Å². The van der Waals surface area contributed by atoms with E-state index in [0.717, 1.165) is 22.5 Å². The van der Waals surface area contributed by atoms with Crippen LogP contribution < -0.4 is 4.72 Å². The van der Waals surface area contributed by atoms with Crippen LogP contribution in [-0.4, -0.2) is 11.2 Å². The molecule has 2 aromatic carbocycles. The molecule has 0 aliphatic carbocycles. The number of alkyl halides is 1. The van der Waals surface area contributed by atoms with Gasteiger partial charge in [-0.2, -0.15) is 0 Å². The summed E-state index contributed by atoms with van der Waals surface area (Å²) in [5.41, 5.74) is 3.04. The molecule has 24 heavy (non-hydrogen) atoms. The number of nitrogens with one attached hydrogen (secondary N) is 1. The number of fused-ring (bicyclic) bond motifs is 1. The van der Waals surface area contributed by atoms with Crippen molar-refractivity contribution in [3.8, 4) is 11.8 Å². The van der Waals surface area contributed by atoms with E-state index < -0.39 is 6.17 Å². The predicted molar refractivity (Wildman–Crippen MR) is 98.3 cm³/mol. The molecule has 2 nitrogen and oxygen atoms in total. The Balaban J connectivity index is 1.61. The molecule has 0 spiro atoms. The molecule has 1 aromatic heterocycles. The molecule has 0 amide bonds. The number of benzene rings is 2. The third-order valence-corrected chi connectivity index (χ3v) is 4.26. The molecule has 3 aromatic rings. The van der Waals surface area contributed by atoms with Crippen LogP contribution in [0, 0.1) is 11.8 Å². The maximum absolute atomic E-state index is 12.7. The fraction of sp³-hybridized carbons (Fsp3) is 0.150. The van der Waals surface area contributed by atoms with Gasteiger partial charge in [-0.3, -0.25) is 9.71 Å². The Morgan fingerprint density at radius 2 is 1.92 bits per heavy atom. The van der Waals surface area contributed by atoms with E-state index >= 15 is 0 Å². The number of halogens is 1. The molecule has 0 saturated heterocycles. The first kappa shape index (κ1) is 16.5. The quantitative estimate of drug-likeness (QED) is 0.550. The van der Waals surface area contributed by atoms with Crippen LogP contribution >= 0.6 is 11.9 Å². The van der Waals surface area contributed by atoms with Gasteiger partial charge in [-0.25, -0.2) is 4.39 Å². The number of nitrogens with zero attached hydrogens (tertiary/aromatic N) is 1. The van der Waals surface area contributed by atoms with Gasteiger partial charge in [0.15, 0.2) is 6.17 Å². The minimum atomic E-state index is -1.10. The Hall–Kier alpha value is -2.35. The highest BCUT2D eigenvalue weighted by Gasteiger charge is 2.01. The highest BCUT2D eigenvalue weighted by Crippen LogP contribution is 2.19. The molecule has 0 bridgehead atoms. The van der Waals surface area contributed by atoms with E-state index in [2.05, 4.69) is 27.6 Å². The largest absolute Gasteiger partial charge is 0.256 e. The van der Waals surface area contributed by atoms with Crippen molar-refractivity contribution in [3.05, 3.63) is 71.9 Å². The lowest BCUT2D eigenvalue weighted by Gasteiger charge is -2.07. The Kier molecular flexibility index (Phi) is 5.47. The number of rotatable bonds is 4. The summed E-state index contributed by atoms with van der Waals surface area (Å²) < 4.78 is 16.1. The van der Waals surface area contributed by atoms with Crippen molar-refractivity contribution in [1.82, 2.24) is 9.71 Å². The second-order valence-electron chi connectivity index (χ2n) is 5.32. The third-order valence-electron chi connectivity index (χ3n) is 3.46. The summed E-state index contributed by atoms with van der Waals surface area (Å²) in [6.45, 7) is 2.18. The maximum atomic E-state index is 12.7. The third kappa shape index (κ3) is 4.35. The zero-order valence-electron chi connectivity index (χ0n) is 13.3. The van der Waals surface area contributed by atoms with Crippen LogP contribution in [0.25, 0.3) is 10.9 Å². The predicted octanol–water partition coefficient (Wildman–Crippen LogP) is 4.74. The van der Waals surface area contributed by atoms with Crippen LogP contribution in [0.3, 0.4) is 0 Å². The molecule has 3 rings (SSSR count). The van der Waals surface area contributed by atoms with E-state index in [-0.39, 0.29) is 0 Å². The van der Waals surface area contributed by atoms with Gasteiger partial charge in [0.05, 0.1) is 5.52 Å². The van der Waals surface area contributed by atoms with Crippen molar-refractivity contribution in [1.29, 1.82) is 0 Å². The van der Waals surface area contributed by atoms with E-state index in [9.17, 15) is 4.39 Å². The van der Waals surface area contributed by atoms with Gasteiger partial charge in [0.2, 0.25) is 0 Å². The fourth-order valence-electron chi connectivity index (χ4n) is 2.30. The monoisotopic (exact) mass is 336 g/mol. The van der Waals surface area contributed by atoms with Gasteiger partial charge < -0.3 is 0 Å². The van der Waals surface area contributed by atoms with Crippen molar-refractivity contribution in [3.63, 3.8) is 0 Å². The minimum absolute atomic E-state index is 0.745. The molecule has 0 aliphatic heterocycles. The van der Waals surface area contributed by atoms with Crippen molar-refractivity contribution in [2.75, 3.05) is 0 Å². The first-order chi connectivity index (χ1) is 11.7. The molecule has 0 aliphatic rings. The summed E-state index contributed by atoms with van der Waals surface area (Å²) in [6, 6.07) is 17.9. The summed E-state index contributed by atoms with van der Waals surface area (Å²) in [5, 5.41) is 1.17. The van der Waals surface area contributed by atoms with Crippen molar-refractivity contribution in [2.24, 2.45) is 0 Å². The fourth-order valence-corrected chi connectivity index (χ4v) is 2.96. The SMILES string of the molecule is CC(F)C#Cc1ccc(SNCc2ccnc3ccccc23)cc1. The molecule has 1 atom stereocenters. The Bertz CT molecular complexity index is 874. The molecular weight excluding hydrogens is 319 g/mol. The first-order valence-electron chi connectivity index (χ1n) is 7.70. The van der Waals surface area contributed by atoms with E-state index in [0.29, 0.717) is 0 Å². The van der Waals surface area contributed by atoms with Crippen LogP contribution in [0.4, 0.5) is 4.39 Å². The summed E-state index contributed by atoms with van der Waals surface area (Å²) in [7, 11) is 0.